The van der Waals surface area contributed by atoms with Gasteiger partial charge in [-0.25, -0.2) is 4.79 Å². The van der Waals surface area contributed by atoms with Gasteiger partial charge >= 0.3 is 5.97 Å². The van der Waals surface area contributed by atoms with E-state index in [1.807, 2.05) is 19.1 Å². The van der Waals surface area contributed by atoms with Crippen molar-refractivity contribution in [3.63, 3.8) is 0 Å². The fourth-order valence-corrected chi connectivity index (χ4v) is 2.42. The van der Waals surface area contributed by atoms with E-state index < -0.39 is 29.0 Å². The van der Waals surface area contributed by atoms with Crippen molar-refractivity contribution in [3.8, 4) is 0 Å². The molecule has 0 bridgehead atoms. The molecule has 7 nitrogen and oxygen atoms in total. The van der Waals surface area contributed by atoms with Crippen molar-refractivity contribution in [3.05, 3.63) is 88.8 Å². The van der Waals surface area contributed by atoms with E-state index in [1.54, 1.807) is 49.4 Å². The number of amides is 1. The van der Waals surface area contributed by atoms with Gasteiger partial charge in [-0.05, 0) is 26.0 Å². The Morgan fingerprint density at radius 2 is 1.69 bits per heavy atom. The Labute approximate surface area is 168 Å². The first-order valence-electron chi connectivity index (χ1n) is 8.88. The van der Waals surface area contributed by atoms with Crippen LogP contribution in [0.1, 0.15) is 22.8 Å². The fraction of sp³-hybridized carbons (Fsp3) is 0.136. The van der Waals surface area contributed by atoms with E-state index in [0.717, 1.165) is 11.6 Å². The highest BCUT2D eigenvalue weighted by molar-refractivity contribution is 6.17. The van der Waals surface area contributed by atoms with E-state index in [2.05, 4.69) is 5.32 Å². The standard InChI is InChI=1S/C22H22N2O5/c1-3-29-22(28)19(21(23)27)20(26)17(24-16-11-9-14(2)10-12-16)13-18(25)15-7-5-4-6-8-15/h4-13,24,26H,3H2,1-2H3,(H2,23,27)/b17-13?,20-19-. The Morgan fingerprint density at radius 3 is 2.24 bits per heavy atom. The number of rotatable bonds is 8. The van der Waals surface area contributed by atoms with Crippen molar-refractivity contribution >= 4 is 23.3 Å². The minimum atomic E-state index is -1.18. The highest BCUT2D eigenvalue weighted by Crippen LogP contribution is 2.19. The van der Waals surface area contributed by atoms with Crippen LogP contribution >= 0.6 is 0 Å². The predicted molar refractivity (Wildman–Crippen MR) is 109 cm³/mol. The van der Waals surface area contributed by atoms with Crippen LogP contribution < -0.4 is 11.1 Å². The number of ether oxygens (including phenoxy) is 1. The molecule has 0 aliphatic heterocycles. The largest absolute Gasteiger partial charge is 0.505 e. The molecule has 0 aromatic heterocycles. The van der Waals surface area contributed by atoms with Crippen LogP contribution in [0.25, 0.3) is 0 Å². The molecule has 4 N–H and O–H groups in total. The molecular weight excluding hydrogens is 372 g/mol. The third kappa shape index (κ3) is 5.80. The van der Waals surface area contributed by atoms with Gasteiger partial charge in [-0.15, -0.1) is 0 Å². The van der Waals surface area contributed by atoms with Crippen LogP contribution in [0.2, 0.25) is 0 Å². The average Bonchev–Trinajstić information content (AvgIpc) is 2.69. The van der Waals surface area contributed by atoms with Crippen molar-refractivity contribution < 1.29 is 24.2 Å². The highest BCUT2D eigenvalue weighted by atomic mass is 16.5. The molecule has 0 spiro atoms. The smallest absolute Gasteiger partial charge is 0.347 e. The monoisotopic (exact) mass is 394 g/mol. The first kappa shape index (κ1) is 21.4. The van der Waals surface area contributed by atoms with Crippen molar-refractivity contribution in [1.82, 2.24) is 0 Å². The van der Waals surface area contributed by atoms with Crippen LogP contribution in [0.15, 0.2) is 77.7 Å². The molecule has 0 unspecified atom stereocenters. The Morgan fingerprint density at radius 1 is 1.07 bits per heavy atom. The number of anilines is 1. The molecule has 0 saturated heterocycles. The fourth-order valence-electron chi connectivity index (χ4n) is 2.42. The molecular formula is C22H22N2O5. The molecule has 2 rings (SSSR count). The van der Waals surface area contributed by atoms with Gasteiger partial charge in [0.15, 0.2) is 17.1 Å². The van der Waals surface area contributed by atoms with Crippen LogP contribution in [0, 0.1) is 6.92 Å². The molecule has 0 aliphatic rings. The van der Waals surface area contributed by atoms with Gasteiger partial charge in [0, 0.05) is 17.3 Å². The maximum Gasteiger partial charge on any atom is 0.347 e. The van der Waals surface area contributed by atoms with Gasteiger partial charge in [0.05, 0.1) is 12.3 Å². The summed E-state index contributed by atoms with van der Waals surface area (Å²) in [6.07, 6.45) is 1.09. The molecule has 150 valence electrons. The lowest BCUT2D eigenvalue weighted by molar-refractivity contribution is -0.140. The summed E-state index contributed by atoms with van der Waals surface area (Å²) in [5.74, 6) is -3.48. The Balaban J connectivity index is 2.55. The zero-order valence-electron chi connectivity index (χ0n) is 16.1. The van der Waals surface area contributed by atoms with Crippen LogP contribution in [0.5, 0.6) is 0 Å². The van der Waals surface area contributed by atoms with E-state index in [9.17, 15) is 19.5 Å². The van der Waals surface area contributed by atoms with Crippen molar-refractivity contribution in [2.24, 2.45) is 5.73 Å². The highest BCUT2D eigenvalue weighted by Gasteiger charge is 2.25. The van der Waals surface area contributed by atoms with E-state index in [4.69, 9.17) is 10.5 Å². The Kier molecular flexibility index (Phi) is 7.31. The van der Waals surface area contributed by atoms with Gasteiger partial charge < -0.3 is 20.9 Å². The molecule has 2 aromatic carbocycles. The summed E-state index contributed by atoms with van der Waals surface area (Å²) in [6, 6.07) is 15.4. The molecule has 0 saturated carbocycles. The lowest BCUT2D eigenvalue weighted by Gasteiger charge is -2.13. The number of carbonyl (C=O) groups is 3. The Bertz CT molecular complexity index is 960. The topological polar surface area (TPSA) is 119 Å². The van der Waals surface area contributed by atoms with Gasteiger partial charge in [0.1, 0.15) is 0 Å². The summed E-state index contributed by atoms with van der Waals surface area (Å²) >= 11 is 0. The minimum absolute atomic E-state index is 0.0176. The van der Waals surface area contributed by atoms with Gasteiger partial charge in [-0.1, -0.05) is 48.0 Å². The second-order valence-corrected chi connectivity index (χ2v) is 6.09. The van der Waals surface area contributed by atoms with Crippen LogP contribution in [0.4, 0.5) is 5.69 Å². The molecule has 0 radical (unpaired) electrons. The van der Waals surface area contributed by atoms with Crippen molar-refractivity contribution in [2.45, 2.75) is 13.8 Å². The van der Waals surface area contributed by atoms with E-state index in [0.29, 0.717) is 11.3 Å². The first-order chi connectivity index (χ1) is 13.8. The second kappa shape index (κ2) is 9.89. The van der Waals surface area contributed by atoms with Crippen molar-refractivity contribution in [1.29, 1.82) is 0 Å². The molecule has 0 heterocycles. The molecule has 0 fully saturated rings. The Hall–Kier alpha value is -3.87. The predicted octanol–water partition coefficient (Wildman–Crippen LogP) is 3.03. The lowest BCUT2D eigenvalue weighted by atomic mass is 10.1. The maximum absolute atomic E-state index is 12.6. The number of nitrogens with one attached hydrogen (secondary N) is 1. The summed E-state index contributed by atoms with van der Waals surface area (Å²) in [7, 11) is 0. The van der Waals surface area contributed by atoms with Crippen LogP contribution in [-0.4, -0.2) is 29.4 Å². The maximum atomic E-state index is 12.6. The third-order valence-corrected chi connectivity index (χ3v) is 3.88. The molecule has 0 atom stereocenters. The minimum Gasteiger partial charge on any atom is -0.505 e. The number of aliphatic hydroxyl groups is 1. The summed E-state index contributed by atoms with van der Waals surface area (Å²) < 4.78 is 4.79. The number of aliphatic hydroxyl groups excluding tert-OH is 1. The van der Waals surface area contributed by atoms with Crippen molar-refractivity contribution in [2.75, 3.05) is 11.9 Å². The average molecular weight is 394 g/mol. The van der Waals surface area contributed by atoms with E-state index in [1.165, 1.54) is 0 Å². The number of nitrogens with two attached hydrogens (primary N) is 1. The van der Waals surface area contributed by atoms with Gasteiger partial charge in [0.2, 0.25) is 0 Å². The molecule has 1 amide bonds. The SMILES string of the molecule is CCOC(=O)/C(C(N)=O)=C(\O)C(=CC(=O)c1ccccc1)Nc1ccc(C)cc1. The number of hydrogen-bond acceptors (Lipinski definition) is 6. The van der Waals surface area contributed by atoms with E-state index >= 15 is 0 Å². The van der Waals surface area contributed by atoms with E-state index in [-0.39, 0.29) is 12.3 Å². The quantitative estimate of drug-likeness (QED) is 0.120. The number of ketones is 1. The molecule has 29 heavy (non-hydrogen) atoms. The number of primary amides is 1. The van der Waals surface area contributed by atoms with Gasteiger partial charge in [-0.2, -0.15) is 0 Å². The third-order valence-electron chi connectivity index (χ3n) is 3.88. The summed E-state index contributed by atoms with van der Waals surface area (Å²) in [6.45, 7) is 3.44. The van der Waals surface area contributed by atoms with Gasteiger partial charge in [-0.3, -0.25) is 9.59 Å². The summed E-state index contributed by atoms with van der Waals surface area (Å²) in [4.78, 5) is 36.5. The zero-order chi connectivity index (χ0) is 21.4. The number of aryl methyl sites for hydroxylation is 1. The first-order valence-corrected chi connectivity index (χ1v) is 8.88. The van der Waals surface area contributed by atoms with Gasteiger partial charge in [0.25, 0.3) is 5.91 Å². The second-order valence-electron chi connectivity index (χ2n) is 6.09. The zero-order valence-corrected chi connectivity index (χ0v) is 16.1. The number of benzene rings is 2. The number of carbonyl (C=O) groups excluding carboxylic acids is 3. The van der Waals surface area contributed by atoms with Crippen LogP contribution in [-0.2, 0) is 14.3 Å². The van der Waals surface area contributed by atoms with Crippen LogP contribution in [0.3, 0.4) is 0 Å². The summed E-state index contributed by atoms with van der Waals surface area (Å²) in [5.41, 5.74) is 6.25. The number of esters is 1. The molecule has 0 aliphatic carbocycles. The summed E-state index contributed by atoms with van der Waals surface area (Å²) in [5, 5.41) is 13.5. The lowest BCUT2D eigenvalue weighted by Crippen LogP contribution is -2.26. The number of hydrogen-bond donors (Lipinski definition) is 3. The normalized spacial score (nSPS) is 12.0. The molecule has 7 heteroatoms. The number of allylic oxidation sites excluding steroid dienone is 1. The molecule has 2 aromatic rings.